The molecule has 38 heavy (non-hydrogen) atoms. The van der Waals surface area contributed by atoms with E-state index in [1.807, 2.05) is 0 Å². The van der Waals surface area contributed by atoms with Crippen LogP contribution in [0.15, 0.2) is 95.0 Å². The lowest BCUT2D eigenvalue weighted by molar-refractivity contribution is 0.262. The van der Waals surface area contributed by atoms with E-state index in [0.717, 1.165) is 12.5 Å². The number of nitrogens with zero attached hydrogens (tertiary/aromatic N) is 2. The average molecular weight is 554 g/mol. The average Bonchev–Trinajstić information content (AvgIpc) is 2.85. The predicted molar refractivity (Wildman–Crippen MR) is 144 cm³/mol. The molecule has 3 N–H and O–H groups in total. The quantitative estimate of drug-likeness (QED) is 0.286. The van der Waals surface area contributed by atoms with Gasteiger partial charge in [0.15, 0.2) is 19.7 Å². The number of anilines is 4. The second-order valence-corrected chi connectivity index (χ2v) is 12.2. The molecule has 0 aliphatic rings. The Balaban J connectivity index is 1.35. The maximum absolute atomic E-state index is 12.3. The summed E-state index contributed by atoms with van der Waals surface area (Å²) >= 11 is 0. The van der Waals surface area contributed by atoms with Gasteiger partial charge < -0.3 is 20.7 Å². The normalized spacial score (nSPS) is 11.4. The second-order valence-electron chi connectivity index (χ2n) is 8.17. The number of amides is 2. The number of carbonyl (C=O) groups excluding carboxylic acids is 1. The molecule has 0 radical (unpaired) electrons. The minimum atomic E-state index is -3.39. The Morgan fingerprint density at radius 1 is 0.711 bits per heavy atom. The van der Waals surface area contributed by atoms with Crippen molar-refractivity contribution < 1.29 is 26.4 Å². The molecule has 0 atom stereocenters. The first kappa shape index (κ1) is 26.6. The van der Waals surface area contributed by atoms with E-state index in [1.165, 1.54) is 30.6 Å². The second kappa shape index (κ2) is 10.9. The molecule has 1 heterocycles. The highest BCUT2D eigenvalue weighted by Crippen LogP contribution is 2.25. The third-order valence-corrected chi connectivity index (χ3v) is 7.29. The van der Waals surface area contributed by atoms with Gasteiger partial charge in [-0.25, -0.2) is 31.6 Å². The van der Waals surface area contributed by atoms with Gasteiger partial charge in [0.25, 0.3) is 0 Å². The van der Waals surface area contributed by atoms with Crippen molar-refractivity contribution in [3.8, 4) is 11.6 Å². The lowest BCUT2D eigenvalue weighted by atomic mass is 10.3. The van der Waals surface area contributed by atoms with E-state index in [9.17, 15) is 21.6 Å². The van der Waals surface area contributed by atoms with Crippen molar-refractivity contribution in [2.75, 3.05) is 28.5 Å². The van der Waals surface area contributed by atoms with Gasteiger partial charge >= 0.3 is 6.03 Å². The van der Waals surface area contributed by atoms with Crippen LogP contribution < -0.4 is 20.7 Å². The number of benzene rings is 3. The van der Waals surface area contributed by atoms with Gasteiger partial charge in [0.05, 0.1) is 9.79 Å². The first-order valence-electron chi connectivity index (χ1n) is 11.0. The van der Waals surface area contributed by atoms with Crippen molar-refractivity contribution in [2.45, 2.75) is 9.79 Å². The molecule has 0 spiro atoms. The smallest absolute Gasteiger partial charge is 0.323 e. The van der Waals surface area contributed by atoms with Gasteiger partial charge in [-0.1, -0.05) is 6.07 Å². The van der Waals surface area contributed by atoms with E-state index < -0.39 is 25.7 Å². The van der Waals surface area contributed by atoms with E-state index in [2.05, 4.69) is 25.9 Å². The zero-order valence-electron chi connectivity index (χ0n) is 20.2. The van der Waals surface area contributed by atoms with E-state index in [0.29, 0.717) is 28.6 Å². The van der Waals surface area contributed by atoms with Gasteiger partial charge in [-0.15, -0.1) is 0 Å². The monoisotopic (exact) mass is 553 g/mol. The van der Waals surface area contributed by atoms with Crippen molar-refractivity contribution in [1.29, 1.82) is 0 Å². The van der Waals surface area contributed by atoms with E-state index >= 15 is 0 Å². The van der Waals surface area contributed by atoms with Gasteiger partial charge in [-0.2, -0.15) is 0 Å². The number of hydrogen-bond donors (Lipinski definition) is 3. The molecule has 0 fully saturated rings. The summed E-state index contributed by atoms with van der Waals surface area (Å²) in [5.74, 6) is 1.16. The van der Waals surface area contributed by atoms with Crippen LogP contribution in [0.5, 0.6) is 11.6 Å². The Bertz CT molecular complexity index is 1670. The molecule has 4 aromatic rings. The molecule has 13 heteroatoms. The lowest BCUT2D eigenvalue weighted by Gasteiger charge is -2.10. The number of carbonyl (C=O) groups is 1. The maximum atomic E-state index is 12.3. The lowest BCUT2D eigenvalue weighted by Crippen LogP contribution is -2.19. The van der Waals surface area contributed by atoms with Crippen LogP contribution in [0.1, 0.15) is 0 Å². The summed E-state index contributed by atoms with van der Waals surface area (Å²) < 4.78 is 52.4. The highest BCUT2D eigenvalue weighted by molar-refractivity contribution is 7.91. The van der Waals surface area contributed by atoms with Crippen molar-refractivity contribution in [3.05, 3.63) is 85.2 Å². The first-order chi connectivity index (χ1) is 18.0. The number of sulfone groups is 2. The number of nitrogens with one attached hydrogen (secondary N) is 3. The molecule has 0 saturated heterocycles. The summed E-state index contributed by atoms with van der Waals surface area (Å²) in [5.41, 5.74) is 1.46. The number of rotatable bonds is 8. The fraction of sp³-hybridized carbons (Fsp3) is 0.0800. The molecule has 1 aromatic heterocycles. The topological polar surface area (TPSA) is 156 Å². The first-order valence-corrected chi connectivity index (χ1v) is 14.8. The molecule has 0 aliphatic heterocycles. The van der Waals surface area contributed by atoms with Crippen molar-refractivity contribution in [2.24, 2.45) is 0 Å². The molecule has 4 rings (SSSR count). The third kappa shape index (κ3) is 7.27. The van der Waals surface area contributed by atoms with Crippen LogP contribution >= 0.6 is 0 Å². The minimum Gasteiger partial charge on any atom is -0.439 e. The van der Waals surface area contributed by atoms with Crippen LogP contribution in [-0.4, -0.2) is 45.3 Å². The molecule has 0 bridgehead atoms. The highest BCUT2D eigenvalue weighted by atomic mass is 32.2. The van der Waals surface area contributed by atoms with Gasteiger partial charge in [0, 0.05) is 35.6 Å². The molecule has 0 saturated carbocycles. The Labute approximate surface area is 219 Å². The molecule has 0 aliphatic carbocycles. The van der Waals surface area contributed by atoms with Crippen molar-refractivity contribution >= 4 is 48.6 Å². The SMILES string of the molecule is CS(=O)(=O)c1ccc(Nc2cc(Oc3ccc(NC(=O)Nc4cccc(S(C)(=O)=O)c4)cc3)ncn2)cc1. The summed E-state index contributed by atoms with van der Waals surface area (Å²) in [6.45, 7) is 0. The third-order valence-electron chi connectivity index (χ3n) is 5.05. The summed E-state index contributed by atoms with van der Waals surface area (Å²) in [6.07, 6.45) is 3.56. The Hall–Kier alpha value is -4.49. The standard InChI is InChI=1S/C25H23N5O6S2/c1-37(32,33)21-12-8-17(9-13-21)28-23-15-24(27-16-26-23)36-20-10-6-18(7-11-20)29-25(31)30-19-4-3-5-22(14-19)38(2,34)35/h3-16H,1-2H3,(H,26,27,28)(H2,29,30,31). The zero-order valence-corrected chi connectivity index (χ0v) is 21.9. The maximum Gasteiger partial charge on any atom is 0.323 e. The van der Waals surface area contributed by atoms with Crippen molar-refractivity contribution in [1.82, 2.24) is 9.97 Å². The van der Waals surface area contributed by atoms with Gasteiger partial charge in [0.2, 0.25) is 5.88 Å². The fourth-order valence-electron chi connectivity index (χ4n) is 3.22. The van der Waals surface area contributed by atoms with Crippen LogP contribution in [0, 0.1) is 0 Å². The minimum absolute atomic E-state index is 0.102. The Morgan fingerprint density at radius 3 is 2.00 bits per heavy atom. The Kier molecular flexibility index (Phi) is 7.60. The van der Waals surface area contributed by atoms with Gasteiger partial charge in [-0.05, 0) is 66.7 Å². The van der Waals surface area contributed by atoms with Gasteiger partial charge in [0.1, 0.15) is 17.9 Å². The summed E-state index contributed by atoms with van der Waals surface area (Å²) in [7, 11) is -6.68. The molecule has 11 nitrogen and oxygen atoms in total. The summed E-state index contributed by atoms with van der Waals surface area (Å²) in [5, 5.41) is 8.31. The zero-order chi connectivity index (χ0) is 27.3. The largest absolute Gasteiger partial charge is 0.439 e. The molecule has 196 valence electrons. The van der Waals surface area contributed by atoms with Crippen LogP contribution in [-0.2, 0) is 19.7 Å². The van der Waals surface area contributed by atoms with Crippen LogP contribution in [0.4, 0.5) is 27.7 Å². The number of ether oxygens (including phenoxy) is 1. The van der Waals surface area contributed by atoms with Crippen molar-refractivity contribution in [3.63, 3.8) is 0 Å². The van der Waals surface area contributed by atoms with Gasteiger partial charge in [-0.3, -0.25) is 0 Å². The molecule has 3 aromatic carbocycles. The Morgan fingerprint density at radius 2 is 1.34 bits per heavy atom. The highest BCUT2D eigenvalue weighted by Gasteiger charge is 2.10. The molecule has 0 unspecified atom stereocenters. The number of hydrogen-bond acceptors (Lipinski definition) is 9. The fourth-order valence-corrected chi connectivity index (χ4v) is 4.52. The number of aromatic nitrogens is 2. The van der Waals surface area contributed by atoms with E-state index in [-0.39, 0.29) is 15.7 Å². The molecule has 2 amide bonds. The van der Waals surface area contributed by atoms with E-state index in [4.69, 9.17) is 4.74 Å². The van der Waals surface area contributed by atoms with Crippen LogP contribution in [0.25, 0.3) is 0 Å². The van der Waals surface area contributed by atoms with E-state index in [1.54, 1.807) is 54.6 Å². The van der Waals surface area contributed by atoms with Crippen LogP contribution in [0.2, 0.25) is 0 Å². The number of urea groups is 1. The van der Waals surface area contributed by atoms with Crippen LogP contribution in [0.3, 0.4) is 0 Å². The molecular formula is C25H23N5O6S2. The summed E-state index contributed by atoms with van der Waals surface area (Å²) in [4.78, 5) is 20.9. The predicted octanol–water partition coefficient (Wildman–Crippen LogP) is 4.46. The summed E-state index contributed by atoms with van der Waals surface area (Å²) in [6, 6.07) is 19.8. The molecular weight excluding hydrogens is 530 g/mol.